The Labute approximate surface area is 125 Å². The van der Waals surface area contributed by atoms with Crippen LogP contribution in [-0.2, 0) is 17.8 Å². The van der Waals surface area contributed by atoms with Crippen molar-refractivity contribution < 1.29 is 9.21 Å². The Bertz CT molecular complexity index is 708. The maximum atomic E-state index is 11.9. The van der Waals surface area contributed by atoms with Gasteiger partial charge in [-0.3, -0.25) is 14.8 Å². The van der Waals surface area contributed by atoms with Gasteiger partial charge in [-0.05, 0) is 17.5 Å². The number of furan rings is 1. The smallest absolute Gasteiger partial charge is 0.225 e. The van der Waals surface area contributed by atoms with Crippen LogP contribution in [0.25, 0.3) is 11.3 Å². The fourth-order valence-electron chi connectivity index (χ4n) is 1.95. The summed E-state index contributed by atoms with van der Waals surface area (Å²) in [5.74, 6) is -0.0266. The van der Waals surface area contributed by atoms with E-state index < -0.39 is 0 Å². The van der Waals surface area contributed by atoms with Crippen molar-refractivity contribution in [3.63, 3.8) is 0 Å². The van der Waals surface area contributed by atoms with Gasteiger partial charge in [0.2, 0.25) is 5.91 Å². The van der Waals surface area contributed by atoms with Gasteiger partial charge in [0.15, 0.2) is 0 Å². The summed E-state index contributed by atoms with van der Waals surface area (Å²) in [6.45, 7) is 0.346. The van der Waals surface area contributed by atoms with E-state index in [0.717, 1.165) is 21.8 Å². The van der Waals surface area contributed by atoms with Gasteiger partial charge < -0.3 is 9.73 Å². The van der Waals surface area contributed by atoms with Gasteiger partial charge in [0.1, 0.15) is 0 Å². The SMILES string of the molecule is O=C(Cc1cccs1)NCc1nccnc1-c1ccoc1. The van der Waals surface area contributed by atoms with E-state index in [4.69, 9.17) is 4.42 Å². The highest BCUT2D eigenvalue weighted by atomic mass is 32.1. The van der Waals surface area contributed by atoms with Crippen LogP contribution in [0.4, 0.5) is 0 Å². The van der Waals surface area contributed by atoms with Gasteiger partial charge in [0, 0.05) is 22.8 Å². The standard InChI is InChI=1S/C15H13N3O2S/c19-14(8-12-2-1-7-21-12)18-9-13-15(17-5-4-16-13)11-3-6-20-10-11/h1-7,10H,8-9H2,(H,18,19). The first kappa shape index (κ1) is 13.5. The zero-order valence-electron chi connectivity index (χ0n) is 11.2. The molecule has 106 valence electrons. The molecule has 1 amide bonds. The maximum absolute atomic E-state index is 11.9. The lowest BCUT2D eigenvalue weighted by atomic mass is 10.2. The van der Waals surface area contributed by atoms with E-state index in [1.54, 1.807) is 36.3 Å². The molecule has 0 radical (unpaired) electrons. The quantitative estimate of drug-likeness (QED) is 0.786. The van der Waals surface area contributed by atoms with E-state index in [1.807, 2.05) is 23.6 Å². The van der Waals surface area contributed by atoms with Crippen molar-refractivity contribution in [2.45, 2.75) is 13.0 Å². The number of carbonyl (C=O) groups is 1. The van der Waals surface area contributed by atoms with Gasteiger partial charge in [-0.15, -0.1) is 11.3 Å². The van der Waals surface area contributed by atoms with E-state index in [1.165, 1.54) is 0 Å². The van der Waals surface area contributed by atoms with Crippen LogP contribution in [-0.4, -0.2) is 15.9 Å². The molecular weight excluding hydrogens is 286 g/mol. The summed E-state index contributed by atoms with van der Waals surface area (Å²) in [7, 11) is 0. The number of nitrogens with one attached hydrogen (secondary N) is 1. The summed E-state index contributed by atoms with van der Waals surface area (Å²) in [5.41, 5.74) is 2.30. The Kier molecular flexibility index (Phi) is 4.07. The highest BCUT2D eigenvalue weighted by Gasteiger charge is 2.10. The number of thiophene rings is 1. The van der Waals surface area contributed by atoms with Gasteiger partial charge in [-0.1, -0.05) is 6.07 Å². The minimum absolute atomic E-state index is 0.0266. The number of carbonyl (C=O) groups excluding carboxylic acids is 1. The van der Waals surface area contributed by atoms with Crippen molar-refractivity contribution in [1.82, 2.24) is 15.3 Å². The largest absolute Gasteiger partial charge is 0.472 e. The van der Waals surface area contributed by atoms with Crippen LogP contribution in [0.3, 0.4) is 0 Å². The molecule has 21 heavy (non-hydrogen) atoms. The summed E-state index contributed by atoms with van der Waals surface area (Å²) >= 11 is 1.57. The Balaban J connectivity index is 1.67. The zero-order valence-corrected chi connectivity index (χ0v) is 12.0. The Morgan fingerprint density at radius 3 is 2.95 bits per heavy atom. The van der Waals surface area contributed by atoms with Crippen molar-refractivity contribution in [3.05, 3.63) is 59.1 Å². The lowest BCUT2D eigenvalue weighted by Gasteiger charge is -2.07. The molecule has 3 aromatic heterocycles. The number of aromatic nitrogens is 2. The second kappa shape index (κ2) is 6.32. The molecule has 0 aliphatic heterocycles. The Hall–Kier alpha value is -2.47. The number of rotatable bonds is 5. The third-order valence-corrected chi connectivity index (χ3v) is 3.81. The topological polar surface area (TPSA) is 68.0 Å². The Morgan fingerprint density at radius 2 is 2.19 bits per heavy atom. The normalized spacial score (nSPS) is 10.5. The van der Waals surface area contributed by atoms with Crippen molar-refractivity contribution >= 4 is 17.2 Å². The van der Waals surface area contributed by atoms with E-state index in [9.17, 15) is 4.79 Å². The molecule has 5 nitrogen and oxygen atoms in total. The molecule has 0 spiro atoms. The highest BCUT2D eigenvalue weighted by Crippen LogP contribution is 2.19. The average molecular weight is 299 g/mol. The minimum atomic E-state index is -0.0266. The highest BCUT2D eigenvalue weighted by molar-refractivity contribution is 7.10. The molecule has 3 aromatic rings. The maximum Gasteiger partial charge on any atom is 0.225 e. The van der Waals surface area contributed by atoms with Crippen LogP contribution < -0.4 is 5.32 Å². The summed E-state index contributed by atoms with van der Waals surface area (Å²) < 4.78 is 5.07. The molecule has 0 saturated heterocycles. The molecule has 6 heteroatoms. The lowest BCUT2D eigenvalue weighted by Crippen LogP contribution is -2.25. The summed E-state index contributed by atoms with van der Waals surface area (Å²) in [4.78, 5) is 21.5. The predicted molar refractivity (Wildman–Crippen MR) is 79.6 cm³/mol. The minimum Gasteiger partial charge on any atom is -0.472 e. The summed E-state index contributed by atoms with van der Waals surface area (Å²) in [6.07, 6.45) is 6.83. The molecular formula is C15H13N3O2S. The monoisotopic (exact) mass is 299 g/mol. The van der Waals surface area contributed by atoms with Gasteiger partial charge in [-0.2, -0.15) is 0 Å². The zero-order chi connectivity index (χ0) is 14.5. The molecule has 0 aliphatic rings. The fraction of sp³-hybridized carbons (Fsp3) is 0.133. The molecule has 0 bridgehead atoms. The van der Waals surface area contributed by atoms with Crippen molar-refractivity contribution in [2.24, 2.45) is 0 Å². The molecule has 0 fully saturated rings. The van der Waals surface area contributed by atoms with Crippen LogP contribution in [0.2, 0.25) is 0 Å². The molecule has 0 atom stereocenters. The third-order valence-electron chi connectivity index (χ3n) is 2.94. The molecule has 1 N–H and O–H groups in total. The van der Waals surface area contributed by atoms with Crippen molar-refractivity contribution in [2.75, 3.05) is 0 Å². The number of nitrogens with zero attached hydrogens (tertiary/aromatic N) is 2. The van der Waals surface area contributed by atoms with Gasteiger partial charge in [0.05, 0.1) is 36.9 Å². The van der Waals surface area contributed by atoms with E-state index in [0.29, 0.717) is 13.0 Å². The summed E-state index contributed by atoms with van der Waals surface area (Å²) in [5, 5.41) is 4.83. The molecule has 0 aromatic carbocycles. The van der Waals surface area contributed by atoms with E-state index in [2.05, 4.69) is 15.3 Å². The number of hydrogen-bond donors (Lipinski definition) is 1. The summed E-state index contributed by atoms with van der Waals surface area (Å²) in [6, 6.07) is 5.71. The number of hydrogen-bond acceptors (Lipinski definition) is 5. The lowest BCUT2D eigenvalue weighted by molar-refractivity contribution is -0.120. The first-order chi connectivity index (χ1) is 10.3. The molecule has 3 rings (SSSR count). The van der Waals surface area contributed by atoms with Crippen LogP contribution >= 0.6 is 11.3 Å². The van der Waals surface area contributed by atoms with Gasteiger partial charge >= 0.3 is 0 Å². The van der Waals surface area contributed by atoms with Crippen molar-refractivity contribution in [1.29, 1.82) is 0 Å². The van der Waals surface area contributed by atoms with Crippen LogP contribution in [0.15, 0.2) is 52.9 Å². The fourth-order valence-corrected chi connectivity index (χ4v) is 2.66. The Morgan fingerprint density at radius 1 is 1.29 bits per heavy atom. The third kappa shape index (κ3) is 3.35. The molecule has 0 aliphatic carbocycles. The number of amides is 1. The second-order valence-corrected chi connectivity index (χ2v) is 5.43. The molecule has 3 heterocycles. The van der Waals surface area contributed by atoms with Gasteiger partial charge in [0.25, 0.3) is 0 Å². The average Bonchev–Trinajstić information content (AvgIpc) is 3.18. The van der Waals surface area contributed by atoms with Gasteiger partial charge in [-0.25, -0.2) is 0 Å². The first-order valence-electron chi connectivity index (χ1n) is 6.44. The van der Waals surface area contributed by atoms with Crippen LogP contribution in [0, 0.1) is 0 Å². The van der Waals surface area contributed by atoms with Crippen LogP contribution in [0.1, 0.15) is 10.6 Å². The van der Waals surface area contributed by atoms with Crippen LogP contribution in [0.5, 0.6) is 0 Å². The molecule has 0 unspecified atom stereocenters. The predicted octanol–water partition coefficient (Wildman–Crippen LogP) is 2.66. The van der Waals surface area contributed by atoms with E-state index in [-0.39, 0.29) is 5.91 Å². The second-order valence-electron chi connectivity index (χ2n) is 4.40. The van der Waals surface area contributed by atoms with E-state index >= 15 is 0 Å². The first-order valence-corrected chi connectivity index (χ1v) is 7.32. The van der Waals surface area contributed by atoms with Crippen molar-refractivity contribution in [3.8, 4) is 11.3 Å². The molecule has 0 saturated carbocycles.